The van der Waals surface area contributed by atoms with E-state index in [1.165, 1.54) is 18.4 Å². The number of aryl methyl sites for hydroxylation is 1. The number of nitrogens with one attached hydrogen (secondary N) is 1. The van der Waals surface area contributed by atoms with Gasteiger partial charge >= 0.3 is 0 Å². The molecule has 1 aliphatic heterocycles. The maximum atomic E-state index is 10.3. The van der Waals surface area contributed by atoms with E-state index in [0.29, 0.717) is 0 Å². The zero-order valence-corrected chi connectivity index (χ0v) is 9.95. The van der Waals surface area contributed by atoms with Crippen molar-refractivity contribution in [3.63, 3.8) is 0 Å². The van der Waals surface area contributed by atoms with Crippen molar-refractivity contribution in [1.82, 2.24) is 5.32 Å². The lowest BCUT2D eigenvalue weighted by atomic mass is 9.94. The van der Waals surface area contributed by atoms with Gasteiger partial charge in [-0.05, 0) is 36.9 Å². The molecule has 0 amide bonds. The normalized spacial score (nSPS) is 23.0. The minimum absolute atomic E-state index is 0.237. The molecule has 0 aliphatic carbocycles. The second kappa shape index (κ2) is 5.46. The number of hydrogen-bond acceptors (Lipinski definition) is 2. The molecule has 2 N–H and O–H groups in total. The van der Waals surface area contributed by atoms with Gasteiger partial charge in [-0.3, -0.25) is 0 Å². The van der Waals surface area contributed by atoms with Crippen molar-refractivity contribution < 1.29 is 5.11 Å². The molecule has 0 bridgehead atoms. The first kappa shape index (κ1) is 11.6. The zero-order chi connectivity index (χ0) is 11.4. The van der Waals surface area contributed by atoms with E-state index >= 15 is 0 Å². The third kappa shape index (κ3) is 2.63. The molecule has 2 nitrogen and oxygen atoms in total. The lowest BCUT2D eigenvalue weighted by Crippen LogP contribution is -2.38. The van der Waals surface area contributed by atoms with Crippen LogP contribution in [0.1, 0.15) is 43.4 Å². The van der Waals surface area contributed by atoms with Crippen LogP contribution in [0.15, 0.2) is 24.3 Å². The van der Waals surface area contributed by atoms with Crippen molar-refractivity contribution >= 4 is 0 Å². The maximum absolute atomic E-state index is 10.3. The molecule has 0 aromatic heterocycles. The highest BCUT2D eigenvalue weighted by Crippen LogP contribution is 2.23. The van der Waals surface area contributed by atoms with Crippen molar-refractivity contribution in [3.8, 4) is 0 Å². The smallest absolute Gasteiger partial charge is 0.0943 e. The van der Waals surface area contributed by atoms with Crippen LogP contribution < -0.4 is 5.32 Å². The fourth-order valence-electron chi connectivity index (χ4n) is 2.38. The predicted molar refractivity (Wildman–Crippen MR) is 66.4 cm³/mol. The van der Waals surface area contributed by atoms with E-state index in [1.807, 2.05) is 12.1 Å². The molecule has 1 fully saturated rings. The van der Waals surface area contributed by atoms with Gasteiger partial charge in [0.25, 0.3) is 0 Å². The first-order valence-corrected chi connectivity index (χ1v) is 6.31. The van der Waals surface area contributed by atoms with Gasteiger partial charge in [0.15, 0.2) is 0 Å². The molecule has 2 heteroatoms. The average Bonchev–Trinajstić information content (AvgIpc) is 2.39. The Morgan fingerprint density at radius 2 is 2.31 bits per heavy atom. The Morgan fingerprint density at radius 3 is 3.00 bits per heavy atom. The topological polar surface area (TPSA) is 32.3 Å². The Morgan fingerprint density at radius 1 is 1.44 bits per heavy atom. The third-order valence-electron chi connectivity index (χ3n) is 3.43. The molecule has 1 saturated heterocycles. The van der Waals surface area contributed by atoms with Crippen LogP contribution in [0, 0.1) is 0 Å². The van der Waals surface area contributed by atoms with Gasteiger partial charge in [0, 0.05) is 6.04 Å². The minimum atomic E-state index is -0.355. The van der Waals surface area contributed by atoms with E-state index < -0.39 is 0 Å². The van der Waals surface area contributed by atoms with Crippen LogP contribution in [0.25, 0.3) is 0 Å². The quantitative estimate of drug-likeness (QED) is 0.818. The number of rotatable bonds is 3. The fourth-order valence-corrected chi connectivity index (χ4v) is 2.38. The molecule has 1 aromatic carbocycles. The van der Waals surface area contributed by atoms with E-state index in [4.69, 9.17) is 0 Å². The summed E-state index contributed by atoms with van der Waals surface area (Å²) < 4.78 is 0. The van der Waals surface area contributed by atoms with Crippen LogP contribution in [0.4, 0.5) is 0 Å². The van der Waals surface area contributed by atoms with Crippen molar-refractivity contribution in [3.05, 3.63) is 35.4 Å². The van der Waals surface area contributed by atoms with Crippen molar-refractivity contribution in [1.29, 1.82) is 0 Å². The van der Waals surface area contributed by atoms with Gasteiger partial charge in [0.2, 0.25) is 0 Å². The molecule has 2 atom stereocenters. The number of piperidine rings is 1. The molecule has 88 valence electrons. The molecule has 2 unspecified atom stereocenters. The van der Waals surface area contributed by atoms with Crippen molar-refractivity contribution in [2.24, 2.45) is 0 Å². The third-order valence-corrected chi connectivity index (χ3v) is 3.43. The Labute approximate surface area is 97.7 Å². The van der Waals surface area contributed by atoms with Crippen molar-refractivity contribution in [2.75, 3.05) is 6.54 Å². The Kier molecular flexibility index (Phi) is 3.97. The first-order valence-electron chi connectivity index (χ1n) is 6.31. The van der Waals surface area contributed by atoms with Gasteiger partial charge in [-0.15, -0.1) is 0 Å². The monoisotopic (exact) mass is 219 g/mol. The number of benzene rings is 1. The van der Waals surface area contributed by atoms with Crippen LogP contribution in [-0.2, 0) is 6.42 Å². The average molecular weight is 219 g/mol. The summed E-state index contributed by atoms with van der Waals surface area (Å²) in [5.74, 6) is 0. The summed E-state index contributed by atoms with van der Waals surface area (Å²) in [4.78, 5) is 0. The van der Waals surface area contributed by atoms with Gasteiger partial charge in [-0.25, -0.2) is 0 Å². The summed E-state index contributed by atoms with van der Waals surface area (Å²) in [6.45, 7) is 3.18. The Balaban J connectivity index is 2.09. The van der Waals surface area contributed by atoms with E-state index in [2.05, 4.69) is 24.4 Å². The summed E-state index contributed by atoms with van der Waals surface area (Å²) >= 11 is 0. The molecule has 0 spiro atoms. The molecular weight excluding hydrogens is 198 g/mol. The molecule has 2 rings (SSSR count). The van der Waals surface area contributed by atoms with Gasteiger partial charge in [0.1, 0.15) is 0 Å². The van der Waals surface area contributed by atoms with Crippen LogP contribution >= 0.6 is 0 Å². The molecular formula is C14H21NO. The lowest BCUT2D eigenvalue weighted by Gasteiger charge is -2.28. The highest BCUT2D eigenvalue weighted by Gasteiger charge is 2.22. The standard InChI is InChI=1S/C14H21NO/c1-2-11-6-5-7-12(10-11)14(16)13-8-3-4-9-15-13/h5-7,10,13-16H,2-4,8-9H2,1H3. The van der Waals surface area contributed by atoms with E-state index in [-0.39, 0.29) is 12.1 Å². The fraction of sp³-hybridized carbons (Fsp3) is 0.571. The molecule has 16 heavy (non-hydrogen) atoms. The minimum Gasteiger partial charge on any atom is -0.387 e. The second-order valence-corrected chi connectivity index (χ2v) is 4.60. The molecule has 0 saturated carbocycles. The van der Waals surface area contributed by atoms with Gasteiger partial charge < -0.3 is 10.4 Å². The molecule has 1 heterocycles. The second-order valence-electron chi connectivity index (χ2n) is 4.60. The van der Waals surface area contributed by atoms with E-state index in [1.54, 1.807) is 0 Å². The van der Waals surface area contributed by atoms with Gasteiger partial charge in [-0.1, -0.05) is 37.6 Å². The Bertz CT molecular complexity index is 331. The van der Waals surface area contributed by atoms with E-state index in [0.717, 1.165) is 24.9 Å². The number of aliphatic hydroxyl groups excluding tert-OH is 1. The van der Waals surface area contributed by atoms with Crippen LogP contribution in [0.5, 0.6) is 0 Å². The summed E-state index contributed by atoms with van der Waals surface area (Å²) in [6.07, 6.45) is 4.21. The summed E-state index contributed by atoms with van der Waals surface area (Å²) in [7, 11) is 0. The van der Waals surface area contributed by atoms with Crippen molar-refractivity contribution in [2.45, 2.75) is 44.8 Å². The predicted octanol–water partition coefficient (Wildman–Crippen LogP) is 2.42. The SMILES string of the molecule is CCc1cccc(C(O)C2CCCCN2)c1. The number of aliphatic hydroxyl groups is 1. The summed E-state index contributed by atoms with van der Waals surface area (Å²) in [6, 6.07) is 8.55. The van der Waals surface area contributed by atoms with Gasteiger partial charge in [0.05, 0.1) is 6.10 Å². The van der Waals surface area contributed by atoms with Crippen LogP contribution in [0.3, 0.4) is 0 Å². The highest BCUT2D eigenvalue weighted by atomic mass is 16.3. The largest absolute Gasteiger partial charge is 0.387 e. The summed E-state index contributed by atoms with van der Waals surface area (Å²) in [5.41, 5.74) is 2.35. The first-order chi connectivity index (χ1) is 7.81. The lowest BCUT2D eigenvalue weighted by molar-refractivity contribution is 0.114. The van der Waals surface area contributed by atoms with Gasteiger partial charge in [-0.2, -0.15) is 0 Å². The molecule has 1 aromatic rings. The zero-order valence-electron chi connectivity index (χ0n) is 9.95. The Hall–Kier alpha value is -0.860. The molecule has 0 radical (unpaired) electrons. The van der Waals surface area contributed by atoms with E-state index in [9.17, 15) is 5.11 Å². The van der Waals surface area contributed by atoms with Crippen LogP contribution in [-0.4, -0.2) is 17.7 Å². The van der Waals surface area contributed by atoms with Crippen LogP contribution in [0.2, 0.25) is 0 Å². The highest BCUT2D eigenvalue weighted by molar-refractivity contribution is 5.26. The molecule has 1 aliphatic rings. The summed E-state index contributed by atoms with van der Waals surface area (Å²) in [5, 5.41) is 13.7. The maximum Gasteiger partial charge on any atom is 0.0943 e. The number of hydrogen-bond donors (Lipinski definition) is 2.